The van der Waals surface area contributed by atoms with E-state index in [9.17, 15) is 13.2 Å². The van der Waals surface area contributed by atoms with Crippen molar-refractivity contribution in [2.75, 3.05) is 17.0 Å². The largest absolute Gasteiger partial charge is 0.487 e. The molecule has 1 aliphatic rings. The second-order valence-corrected chi connectivity index (χ2v) is 13.6. The highest BCUT2D eigenvalue weighted by Gasteiger charge is 2.39. The van der Waals surface area contributed by atoms with Crippen molar-refractivity contribution in [1.82, 2.24) is 4.90 Å². The Morgan fingerprint density at radius 2 is 1.48 bits per heavy atom. The Hall–Kier alpha value is -4.14. The van der Waals surface area contributed by atoms with Crippen LogP contribution in [0.15, 0.2) is 103 Å². The second-order valence-electron chi connectivity index (χ2n) is 11.6. The highest BCUT2D eigenvalue weighted by atomic mass is 32.2. The van der Waals surface area contributed by atoms with E-state index in [1.807, 2.05) is 54.6 Å². The van der Waals surface area contributed by atoms with Crippen LogP contribution < -0.4 is 9.46 Å². The number of fused-ring (bicyclic) bond motifs is 1. The number of benzene rings is 4. The lowest BCUT2D eigenvalue weighted by Gasteiger charge is -2.40. The molecule has 4 aromatic carbocycles. The number of nitrogens with one attached hydrogen (secondary N) is 1. The van der Waals surface area contributed by atoms with E-state index in [-0.39, 0.29) is 17.9 Å². The highest BCUT2D eigenvalue weighted by Crippen LogP contribution is 2.38. The molecule has 0 heterocycles. The molecule has 0 saturated carbocycles. The minimum Gasteiger partial charge on any atom is -0.487 e. The van der Waals surface area contributed by atoms with Crippen molar-refractivity contribution < 1.29 is 22.7 Å². The van der Waals surface area contributed by atoms with Crippen LogP contribution in [0.25, 0.3) is 0 Å². The van der Waals surface area contributed by atoms with Crippen LogP contribution in [0, 0.1) is 0 Å². The maximum absolute atomic E-state index is 12.7. The number of carbonyl (C=O) groups excluding carboxylic acids is 1. The van der Waals surface area contributed by atoms with E-state index < -0.39 is 22.1 Å². The van der Waals surface area contributed by atoms with Crippen LogP contribution in [0.1, 0.15) is 54.7 Å². The maximum Gasteiger partial charge on any atom is 0.303 e. The molecule has 5 rings (SSSR count). The first-order valence-corrected chi connectivity index (χ1v) is 16.6. The first-order chi connectivity index (χ1) is 21.1. The van der Waals surface area contributed by atoms with Crippen molar-refractivity contribution in [1.29, 1.82) is 0 Å². The molecule has 0 saturated heterocycles. The van der Waals surface area contributed by atoms with Gasteiger partial charge in [0, 0.05) is 25.6 Å². The number of nitrogens with zero attached hydrogens (tertiary/aromatic N) is 1. The SMILES string of the molecule is CCS(=O)(=O)Nc1cc(C(CN(Cc2ccccc2)C2(C)Cc3ccccc3C2)OC(C)=O)ccc1OCc1ccccc1. The van der Waals surface area contributed by atoms with Gasteiger partial charge in [-0.3, -0.25) is 14.4 Å². The molecule has 7 nitrogen and oxygen atoms in total. The molecule has 0 aliphatic heterocycles. The number of carbonyl (C=O) groups is 1. The zero-order valence-corrected chi connectivity index (χ0v) is 26.3. The fraction of sp³-hybridized carbons (Fsp3) is 0.306. The van der Waals surface area contributed by atoms with Crippen LogP contribution in [0.2, 0.25) is 0 Å². The number of ether oxygens (including phenoxy) is 2. The van der Waals surface area contributed by atoms with Crippen molar-refractivity contribution in [2.45, 2.75) is 58.4 Å². The fourth-order valence-corrected chi connectivity index (χ4v) is 6.47. The number of esters is 1. The summed E-state index contributed by atoms with van der Waals surface area (Å²) in [5, 5.41) is 0. The van der Waals surface area contributed by atoms with Crippen LogP contribution in [0.4, 0.5) is 5.69 Å². The minimum absolute atomic E-state index is 0.0908. The summed E-state index contributed by atoms with van der Waals surface area (Å²) in [6, 6.07) is 33.8. The summed E-state index contributed by atoms with van der Waals surface area (Å²) in [5.41, 5.74) is 5.54. The van der Waals surface area contributed by atoms with Gasteiger partial charge in [0.15, 0.2) is 0 Å². The molecule has 0 fully saturated rings. The lowest BCUT2D eigenvalue weighted by atomic mass is 9.93. The molecule has 1 atom stereocenters. The maximum atomic E-state index is 12.7. The van der Waals surface area contributed by atoms with Crippen LogP contribution in [-0.2, 0) is 45.5 Å². The molecular weight excluding hydrogens is 572 g/mol. The Balaban J connectivity index is 1.49. The molecule has 44 heavy (non-hydrogen) atoms. The average Bonchev–Trinajstić information content (AvgIpc) is 3.37. The van der Waals surface area contributed by atoms with Gasteiger partial charge in [-0.15, -0.1) is 0 Å². The number of hydrogen-bond acceptors (Lipinski definition) is 6. The average molecular weight is 613 g/mol. The standard InChI is InChI=1S/C36H40N2O5S/c1-4-44(40,41)37-33-21-30(19-20-34(33)42-26-29-15-9-6-10-16-29)35(43-27(2)39)25-38(24-28-13-7-5-8-14-28)36(3)22-31-17-11-12-18-32(31)23-36/h5-21,35,37H,4,22-26H2,1-3H3. The highest BCUT2D eigenvalue weighted by molar-refractivity contribution is 7.92. The molecule has 230 valence electrons. The second kappa shape index (κ2) is 13.7. The summed E-state index contributed by atoms with van der Waals surface area (Å²) < 4.78 is 40.1. The molecule has 1 N–H and O–H groups in total. The van der Waals surface area contributed by atoms with Crippen molar-refractivity contribution in [3.8, 4) is 5.75 Å². The monoisotopic (exact) mass is 612 g/mol. The van der Waals surface area contributed by atoms with E-state index in [0.717, 1.165) is 24.0 Å². The lowest BCUT2D eigenvalue weighted by molar-refractivity contribution is -0.148. The van der Waals surface area contributed by atoms with Crippen LogP contribution >= 0.6 is 0 Å². The van der Waals surface area contributed by atoms with Gasteiger partial charge in [-0.25, -0.2) is 8.42 Å². The number of rotatable bonds is 13. The summed E-state index contributed by atoms with van der Waals surface area (Å²) in [4.78, 5) is 14.9. The van der Waals surface area contributed by atoms with E-state index in [2.05, 4.69) is 52.9 Å². The van der Waals surface area contributed by atoms with Crippen LogP contribution in [-0.4, -0.2) is 37.1 Å². The first kappa shape index (κ1) is 31.3. The molecular formula is C36H40N2O5S. The van der Waals surface area contributed by atoms with Gasteiger partial charge in [-0.1, -0.05) is 91.0 Å². The van der Waals surface area contributed by atoms with Crippen molar-refractivity contribution >= 4 is 21.7 Å². The number of anilines is 1. The molecule has 1 aliphatic carbocycles. The van der Waals surface area contributed by atoms with Crippen molar-refractivity contribution in [2.24, 2.45) is 0 Å². The zero-order chi connectivity index (χ0) is 31.2. The van der Waals surface area contributed by atoms with Gasteiger partial charge in [0.05, 0.1) is 11.4 Å². The Morgan fingerprint density at radius 1 is 0.886 bits per heavy atom. The molecule has 0 bridgehead atoms. The Labute approximate surface area is 260 Å². The first-order valence-electron chi connectivity index (χ1n) is 15.0. The van der Waals surface area contributed by atoms with E-state index >= 15 is 0 Å². The third-order valence-corrected chi connectivity index (χ3v) is 9.48. The molecule has 8 heteroatoms. The summed E-state index contributed by atoms with van der Waals surface area (Å²) in [6.07, 6.45) is 1.09. The minimum atomic E-state index is -3.61. The molecule has 0 aromatic heterocycles. The van der Waals surface area contributed by atoms with Gasteiger partial charge in [-0.05, 0) is 66.6 Å². The molecule has 1 unspecified atom stereocenters. The Morgan fingerprint density at radius 3 is 2.07 bits per heavy atom. The quantitative estimate of drug-likeness (QED) is 0.169. The lowest BCUT2D eigenvalue weighted by Crippen LogP contribution is -2.48. The Kier molecular flexibility index (Phi) is 9.71. The topological polar surface area (TPSA) is 84.9 Å². The van der Waals surface area contributed by atoms with Gasteiger partial charge in [0.2, 0.25) is 10.0 Å². The van der Waals surface area contributed by atoms with Crippen LogP contribution in [0.3, 0.4) is 0 Å². The van der Waals surface area contributed by atoms with Gasteiger partial charge in [0.1, 0.15) is 18.5 Å². The van der Waals surface area contributed by atoms with Gasteiger partial charge >= 0.3 is 5.97 Å². The summed E-state index contributed by atoms with van der Waals surface area (Å²) in [7, 11) is -3.61. The van der Waals surface area contributed by atoms with Gasteiger partial charge in [-0.2, -0.15) is 0 Å². The summed E-state index contributed by atoms with van der Waals surface area (Å²) >= 11 is 0. The molecule has 0 radical (unpaired) electrons. The fourth-order valence-electron chi connectivity index (χ4n) is 5.83. The summed E-state index contributed by atoms with van der Waals surface area (Å²) in [6.45, 7) is 6.61. The van der Waals surface area contributed by atoms with E-state index in [0.29, 0.717) is 30.1 Å². The van der Waals surface area contributed by atoms with Crippen LogP contribution in [0.5, 0.6) is 5.75 Å². The zero-order valence-electron chi connectivity index (χ0n) is 25.5. The smallest absolute Gasteiger partial charge is 0.303 e. The predicted molar refractivity (Wildman–Crippen MR) is 174 cm³/mol. The van der Waals surface area contributed by atoms with Gasteiger partial charge < -0.3 is 9.47 Å². The molecule has 4 aromatic rings. The molecule has 0 spiro atoms. The Bertz CT molecular complexity index is 1650. The van der Waals surface area contributed by atoms with Gasteiger partial charge in [0.25, 0.3) is 0 Å². The number of hydrogen-bond donors (Lipinski definition) is 1. The number of sulfonamides is 1. The van der Waals surface area contributed by atoms with E-state index in [1.165, 1.54) is 18.1 Å². The van der Waals surface area contributed by atoms with Crippen molar-refractivity contribution in [3.63, 3.8) is 0 Å². The normalized spacial score (nSPS) is 14.5. The van der Waals surface area contributed by atoms with Crippen molar-refractivity contribution in [3.05, 3.63) is 131 Å². The van der Waals surface area contributed by atoms with E-state index in [4.69, 9.17) is 9.47 Å². The third-order valence-electron chi connectivity index (χ3n) is 8.19. The third kappa shape index (κ3) is 7.87. The summed E-state index contributed by atoms with van der Waals surface area (Å²) in [5.74, 6) is -0.0999. The predicted octanol–water partition coefficient (Wildman–Crippen LogP) is 6.69. The van der Waals surface area contributed by atoms with E-state index in [1.54, 1.807) is 19.1 Å². The molecule has 0 amide bonds.